The lowest BCUT2D eigenvalue weighted by Gasteiger charge is -1.90. The summed E-state index contributed by atoms with van der Waals surface area (Å²) in [5.41, 5.74) is 1.75. The van der Waals surface area contributed by atoms with E-state index in [2.05, 4.69) is 11.1 Å². The molecule has 62 valence electrons. The van der Waals surface area contributed by atoms with Gasteiger partial charge in [-0.15, -0.1) is 11.3 Å². The second-order valence-electron chi connectivity index (χ2n) is 2.46. The molecular weight excluding hydrogens is 184 g/mol. The van der Waals surface area contributed by atoms with Crippen molar-refractivity contribution in [3.63, 3.8) is 0 Å². The highest BCUT2D eigenvalue weighted by atomic mass is 32.1. The summed E-state index contributed by atoms with van der Waals surface area (Å²) in [4.78, 5) is 14.6. The van der Waals surface area contributed by atoms with Gasteiger partial charge in [-0.25, -0.2) is 0 Å². The molecule has 4 heteroatoms. The smallest absolute Gasteiger partial charge is 0.153 e. The largest absolute Gasteiger partial charge is 0.298 e. The molecule has 0 aliphatic heterocycles. The second kappa shape index (κ2) is 2.96. The second-order valence-corrected chi connectivity index (χ2v) is 3.34. The van der Waals surface area contributed by atoms with Crippen molar-refractivity contribution in [3.05, 3.63) is 28.8 Å². The van der Waals surface area contributed by atoms with Gasteiger partial charge < -0.3 is 0 Å². The first kappa shape index (κ1) is 7.90. The molecule has 0 radical (unpaired) electrons. The zero-order valence-corrected chi connectivity index (χ0v) is 7.34. The Morgan fingerprint density at radius 3 is 3.15 bits per heavy atom. The zero-order chi connectivity index (χ0) is 9.26. The van der Waals surface area contributed by atoms with Gasteiger partial charge in [-0.3, -0.25) is 9.78 Å². The van der Waals surface area contributed by atoms with Crippen molar-refractivity contribution in [2.45, 2.75) is 0 Å². The first-order valence-electron chi connectivity index (χ1n) is 3.58. The Morgan fingerprint density at radius 2 is 2.46 bits per heavy atom. The highest BCUT2D eigenvalue weighted by Gasteiger charge is 2.07. The van der Waals surface area contributed by atoms with E-state index in [4.69, 9.17) is 5.26 Å². The van der Waals surface area contributed by atoms with E-state index in [0.717, 1.165) is 11.0 Å². The summed E-state index contributed by atoms with van der Waals surface area (Å²) in [6.07, 6.45) is 2.30. The molecule has 2 aromatic rings. The average Bonchev–Trinajstić information content (AvgIpc) is 2.60. The fourth-order valence-electron chi connectivity index (χ4n) is 1.12. The molecular formula is C9H4N2OS. The maximum Gasteiger partial charge on any atom is 0.153 e. The van der Waals surface area contributed by atoms with Crippen LogP contribution in [0.5, 0.6) is 0 Å². The molecule has 0 amide bonds. The minimum atomic E-state index is 0.553. The third-order valence-electron chi connectivity index (χ3n) is 1.73. The Kier molecular flexibility index (Phi) is 1.80. The van der Waals surface area contributed by atoms with Gasteiger partial charge >= 0.3 is 0 Å². The molecule has 13 heavy (non-hydrogen) atoms. The summed E-state index contributed by atoms with van der Waals surface area (Å²) >= 11 is 1.37. The number of pyridine rings is 1. The number of hydrogen-bond donors (Lipinski definition) is 0. The topological polar surface area (TPSA) is 53.8 Å². The molecule has 0 aliphatic rings. The minimum Gasteiger partial charge on any atom is -0.298 e. The van der Waals surface area contributed by atoms with E-state index in [-0.39, 0.29) is 0 Å². The highest BCUT2D eigenvalue weighted by molar-refractivity contribution is 7.17. The summed E-state index contributed by atoms with van der Waals surface area (Å²) in [6.45, 7) is 0. The predicted octanol–water partition coefficient (Wildman–Crippen LogP) is 1.98. The molecule has 0 saturated carbocycles. The van der Waals surface area contributed by atoms with E-state index < -0.39 is 0 Å². The van der Waals surface area contributed by atoms with E-state index in [1.165, 1.54) is 11.3 Å². The van der Waals surface area contributed by atoms with E-state index in [9.17, 15) is 4.79 Å². The molecule has 0 spiro atoms. The van der Waals surface area contributed by atoms with Crippen molar-refractivity contribution in [1.82, 2.24) is 4.98 Å². The van der Waals surface area contributed by atoms with Gasteiger partial charge in [-0.2, -0.15) is 5.26 Å². The third-order valence-corrected chi connectivity index (χ3v) is 2.75. The summed E-state index contributed by atoms with van der Waals surface area (Å²) in [7, 11) is 0. The van der Waals surface area contributed by atoms with Crippen LogP contribution < -0.4 is 0 Å². The molecule has 2 heterocycles. The quantitative estimate of drug-likeness (QED) is 0.643. The van der Waals surface area contributed by atoms with Gasteiger partial charge in [0.1, 0.15) is 6.07 Å². The van der Waals surface area contributed by atoms with Crippen molar-refractivity contribution in [1.29, 1.82) is 5.26 Å². The van der Waals surface area contributed by atoms with Crippen molar-refractivity contribution in [2.75, 3.05) is 0 Å². The molecule has 0 N–H and O–H groups in total. The third kappa shape index (κ3) is 1.10. The van der Waals surface area contributed by atoms with Gasteiger partial charge in [0.25, 0.3) is 0 Å². The Morgan fingerprint density at radius 1 is 1.62 bits per heavy atom. The number of nitriles is 1. The van der Waals surface area contributed by atoms with Crippen LogP contribution in [0.15, 0.2) is 17.6 Å². The standard InChI is InChI=1S/C9H4N2OS/c10-3-6-1-2-11-8-7(4-12)5-13-9(6)8/h1-2,4-5H. The number of carbonyl (C=O) groups excluding carboxylic acids is 1. The minimum absolute atomic E-state index is 0.553. The van der Waals surface area contributed by atoms with Crippen molar-refractivity contribution in [3.8, 4) is 6.07 Å². The molecule has 0 bridgehead atoms. The number of rotatable bonds is 1. The fraction of sp³-hybridized carbons (Fsp3) is 0. The number of hydrogen-bond acceptors (Lipinski definition) is 4. The predicted molar refractivity (Wildman–Crippen MR) is 49.7 cm³/mol. The van der Waals surface area contributed by atoms with E-state index in [1.54, 1.807) is 17.6 Å². The number of aromatic nitrogens is 1. The summed E-state index contributed by atoms with van der Waals surface area (Å²) in [5, 5.41) is 10.5. The van der Waals surface area contributed by atoms with Crippen molar-refractivity contribution >= 4 is 27.8 Å². The molecule has 2 rings (SSSR count). The van der Waals surface area contributed by atoms with Gasteiger partial charge in [-0.05, 0) is 6.07 Å². The van der Waals surface area contributed by atoms with Gasteiger partial charge in [-0.1, -0.05) is 0 Å². The van der Waals surface area contributed by atoms with Gasteiger partial charge in [0.2, 0.25) is 0 Å². The van der Waals surface area contributed by atoms with E-state index in [1.807, 2.05) is 0 Å². The van der Waals surface area contributed by atoms with Gasteiger partial charge in [0.15, 0.2) is 6.29 Å². The van der Waals surface area contributed by atoms with Crippen LogP contribution in [0.1, 0.15) is 15.9 Å². The summed E-state index contributed by atoms with van der Waals surface area (Å²) in [5.74, 6) is 0. The Labute approximate surface area is 78.3 Å². The molecule has 0 unspecified atom stereocenters. The van der Waals surface area contributed by atoms with Gasteiger partial charge in [0.05, 0.1) is 21.3 Å². The normalized spacial score (nSPS) is 9.77. The van der Waals surface area contributed by atoms with Crippen LogP contribution in [0.3, 0.4) is 0 Å². The number of thiophene rings is 1. The summed E-state index contributed by atoms with van der Waals surface area (Å²) < 4.78 is 0.784. The molecule has 0 atom stereocenters. The average molecular weight is 188 g/mol. The van der Waals surface area contributed by atoms with Crippen LogP contribution in [0.4, 0.5) is 0 Å². The molecule has 0 saturated heterocycles. The summed E-state index contributed by atoms with van der Waals surface area (Å²) in [6, 6.07) is 3.71. The van der Waals surface area contributed by atoms with Crippen LogP contribution in [0, 0.1) is 11.3 Å². The SMILES string of the molecule is N#Cc1ccnc2c(C=O)csc12. The molecule has 2 aromatic heterocycles. The molecule has 0 aromatic carbocycles. The van der Waals surface area contributed by atoms with Crippen LogP contribution in [-0.2, 0) is 0 Å². The van der Waals surface area contributed by atoms with E-state index in [0.29, 0.717) is 16.6 Å². The van der Waals surface area contributed by atoms with Crippen LogP contribution in [0.2, 0.25) is 0 Å². The lowest BCUT2D eigenvalue weighted by molar-refractivity contribution is 0.112. The monoisotopic (exact) mass is 188 g/mol. The lowest BCUT2D eigenvalue weighted by Crippen LogP contribution is -1.81. The molecule has 0 fully saturated rings. The van der Waals surface area contributed by atoms with Crippen LogP contribution >= 0.6 is 11.3 Å². The highest BCUT2D eigenvalue weighted by Crippen LogP contribution is 2.25. The lowest BCUT2D eigenvalue weighted by atomic mass is 10.2. The maximum atomic E-state index is 10.6. The zero-order valence-electron chi connectivity index (χ0n) is 6.52. The van der Waals surface area contributed by atoms with Crippen LogP contribution in [-0.4, -0.2) is 11.3 Å². The number of nitrogens with zero attached hydrogens (tertiary/aromatic N) is 2. The van der Waals surface area contributed by atoms with Gasteiger partial charge in [0, 0.05) is 11.6 Å². The van der Waals surface area contributed by atoms with E-state index >= 15 is 0 Å². The Balaban J connectivity index is 2.88. The maximum absolute atomic E-state index is 10.6. The first-order chi connectivity index (χ1) is 6.36. The fourth-order valence-corrected chi connectivity index (χ4v) is 2.06. The van der Waals surface area contributed by atoms with Crippen molar-refractivity contribution < 1.29 is 4.79 Å². The number of carbonyl (C=O) groups is 1. The first-order valence-corrected chi connectivity index (χ1v) is 4.46. The van der Waals surface area contributed by atoms with Crippen molar-refractivity contribution in [2.24, 2.45) is 0 Å². The molecule has 3 nitrogen and oxygen atoms in total. The molecule has 0 aliphatic carbocycles. The Hall–Kier alpha value is -1.73. The van der Waals surface area contributed by atoms with Crippen LogP contribution in [0.25, 0.3) is 10.2 Å². The number of aldehydes is 1. The number of fused-ring (bicyclic) bond motifs is 1. The Bertz CT molecular complexity index is 510.